The Bertz CT molecular complexity index is 681. The number of nitrogens with zero attached hydrogens (tertiary/aromatic N) is 2. The fraction of sp³-hybridized carbons (Fsp3) is 0.562. The summed E-state index contributed by atoms with van der Waals surface area (Å²) in [6.45, 7) is 5.90. The molecule has 0 saturated heterocycles. The highest BCUT2D eigenvalue weighted by Crippen LogP contribution is 2.23. The highest BCUT2D eigenvalue weighted by atomic mass is 35.5. The van der Waals surface area contributed by atoms with Crippen LogP contribution in [0.1, 0.15) is 25.8 Å². The molecule has 25 heavy (non-hydrogen) atoms. The standard InChI is InChI=1S/C16H26Cl2N4O2S/c1-4-19-16(20-9-6-10-21-25(23,24)5-2)22(3)12-13-7-8-14(17)15(18)11-13/h7-8,11,21H,4-6,9-10,12H2,1-3H3,(H,19,20). The maximum absolute atomic E-state index is 11.4. The van der Waals surface area contributed by atoms with E-state index in [0.717, 1.165) is 18.1 Å². The number of nitrogens with one attached hydrogen (secondary N) is 2. The fourth-order valence-electron chi connectivity index (χ4n) is 2.05. The third-order valence-corrected chi connectivity index (χ3v) is 5.54. The van der Waals surface area contributed by atoms with Gasteiger partial charge in [0.15, 0.2) is 5.96 Å². The summed E-state index contributed by atoms with van der Waals surface area (Å²) in [7, 11) is -1.21. The van der Waals surface area contributed by atoms with E-state index in [2.05, 4.69) is 15.0 Å². The summed E-state index contributed by atoms with van der Waals surface area (Å²) in [5.74, 6) is 0.845. The van der Waals surface area contributed by atoms with Crippen LogP contribution < -0.4 is 10.0 Å². The van der Waals surface area contributed by atoms with Crippen molar-refractivity contribution < 1.29 is 8.42 Å². The van der Waals surface area contributed by atoms with Gasteiger partial charge in [0.2, 0.25) is 10.0 Å². The molecule has 0 aliphatic rings. The van der Waals surface area contributed by atoms with Crippen LogP contribution in [0.3, 0.4) is 0 Å². The lowest BCUT2D eigenvalue weighted by molar-refractivity contribution is 0.476. The van der Waals surface area contributed by atoms with Crippen LogP contribution in [0.25, 0.3) is 0 Å². The Kier molecular flexibility index (Phi) is 9.56. The Morgan fingerprint density at radius 1 is 1.24 bits per heavy atom. The van der Waals surface area contributed by atoms with Gasteiger partial charge in [-0.3, -0.25) is 4.99 Å². The number of aliphatic imine (C=N–C) groups is 1. The normalized spacial score (nSPS) is 12.3. The van der Waals surface area contributed by atoms with Gasteiger partial charge in [-0.15, -0.1) is 0 Å². The molecule has 0 spiro atoms. The highest BCUT2D eigenvalue weighted by molar-refractivity contribution is 7.89. The van der Waals surface area contributed by atoms with E-state index in [0.29, 0.717) is 36.1 Å². The molecule has 2 N–H and O–H groups in total. The Labute approximate surface area is 160 Å². The SMILES string of the molecule is CCNC(=NCCCNS(=O)(=O)CC)N(C)Cc1ccc(Cl)c(Cl)c1. The molecule has 0 fully saturated rings. The van der Waals surface area contributed by atoms with Crippen LogP contribution in [0.2, 0.25) is 10.0 Å². The van der Waals surface area contributed by atoms with Crippen LogP contribution in [0.5, 0.6) is 0 Å². The van der Waals surface area contributed by atoms with Crippen molar-refractivity contribution in [1.82, 2.24) is 14.9 Å². The summed E-state index contributed by atoms with van der Waals surface area (Å²) in [4.78, 5) is 6.52. The zero-order chi connectivity index (χ0) is 18.9. The van der Waals surface area contributed by atoms with Crippen LogP contribution in [0.15, 0.2) is 23.2 Å². The smallest absolute Gasteiger partial charge is 0.211 e. The first-order valence-corrected chi connectivity index (χ1v) is 10.6. The maximum atomic E-state index is 11.4. The van der Waals surface area contributed by atoms with Crippen molar-refractivity contribution in [3.05, 3.63) is 33.8 Å². The maximum Gasteiger partial charge on any atom is 0.211 e. The van der Waals surface area contributed by atoms with E-state index in [4.69, 9.17) is 23.2 Å². The summed E-state index contributed by atoms with van der Waals surface area (Å²) in [5, 5.41) is 4.28. The molecule has 0 saturated carbocycles. The van der Waals surface area contributed by atoms with Gasteiger partial charge in [0.25, 0.3) is 0 Å². The minimum Gasteiger partial charge on any atom is -0.357 e. The van der Waals surface area contributed by atoms with Crippen LogP contribution in [-0.2, 0) is 16.6 Å². The van der Waals surface area contributed by atoms with Gasteiger partial charge in [-0.1, -0.05) is 29.3 Å². The second-order valence-electron chi connectivity index (χ2n) is 5.49. The van der Waals surface area contributed by atoms with Gasteiger partial charge in [-0.05, 0) is 38.0 Å². The topological polar surface area (TPSA) is 73.8 Å². The fourth-order valence-corrected chi connectivity index (χ4v) is 3.03. The summed E-state index contributed by atoms with van der Waals surface area (Å²) in [6, 6.07) is 5.54. The molecule has 0 aliphatic heterocycles. The van der Waals surface area contributed by atoms with E-state index < -0.39 is 10.0 Å². The van der Waals surface area contributed by atoms with Gasteiger partial charge in [0, 0.05) is 33.2 Å². The second-order valence-corrected chi connectivity index (χ2v) is 8.40. The Morgan fingerprint density at radius 2 is 1.96 bits per heavy atom. The van der Waals surface area contributed by atoms with E-state index in [9.17, 15) is 8.42 Å². The highest BCUT2D eigenvalue weighted by Gasteiger charge is 2.08. The molecule has 0 heterocycles. The minimum absolute atomic E-state index is 0.0886. The molecule has 0 aliphatic carbocycles. The van der Waals surface area contributed by atoms with Crippen molar-refractivity contribution >= 4 is 39.2 Å². The van der Waals surface area contributed by atoms with Gasteiger partial charge >= 0.3 is 0 Å². The van der Waals surface area contributed by atoms with Crippen LogP contribution >= 0.6 is 23.2 Å². The number of hydrogen-bond acceptors (Lipinski definition) is 3. The van der Waals surface area contributed by atoms with Crippen molar-refractivity contribution in [3.8, 4) is 0 Å². The largest absolute Gasteiger partial charge is 0.357 e. The Morgan fingerprint density at radius 3 is 2.56 bits per heavy atom. The zero-order valence-electron chi connectivity index (χ0n) is 14.8. The molecule has 1 rings (SSSR count). The number of rotatable bonds is 9. The van der Waals surface area contributed by atoms with Crippen molar-refractivity contribution in [1.29, 1.82) is 0 Å². The summed E-state index contributed by atoms with van der Waals surface area (Å²) >= 11 is 12.0. The first-order chi connectivity index (χ1) is 11.8. The third-order valence-electron chi connectivity index (χ3n) is 3.40. The first-order valence-electron chi connectivity index (χ1n) is 8.19. The van der Waals surface area contributed by atoms with Crippen LogP contribution in [-0.4, -0.2) is 51.7 Å². The van der Waals surface area contributed by atoms with Crippen molar-refractivity contribution in [2.24, 2.45) is 4.99 Å². The summed E-state index contributed by atoms with van der Waals surface area (Å²) < 4.78 is 25.3. The molecule has 0 atom stereocenters. The zero-order valence-corrected chi connectivity index (χ0v) is 17.2. The molecular weight excluding hydrogens is 383 g/mol. The molecule has 0 radical (unpaired) electrons. The second kappa shape index (κ2) is 10.9. The molecular formula is C16H26Cl2N4O2S. The Hall–Kier alpha value is -1.02. The van der Waals surface area contributed by atoms with Gasteiger partial charge in [-0.2, -0.15) is 0 Å². The molecule has 0 amide bonds. The lowest BCUT2D eigenvalue weighted by Gasteiger charge is -2.22. The van der Waals surface area contributed by atoms with Gasteiger partial charge < -0.3 is 10.2 Å². The average molecular weight is 409 g/mol. The van der Waals surface area contributed by atoms with E-state index in [1.54, 1.807) is 13.0 Å². The van der Waals surface area contributed by atoms with Crippen molar-refractivity contribution in [2.75, 3.05) is 32.4 Å². The van der Waals surface area contributed by atoms with Gasteiger partial charge in [-0.25, -0.2) is 13.1 Å². The summed E-state index contributed by atoms with van der Waals surface area (Å²) in [6.07, 6.45) is 0.634. The number of benzene rings is 1. The predicted octanol–water partition coefficient (Wildman–Crippen LogP) is 2.72. The van der Waals surface area contributed by atoms with E-state index >= 15 is 0 Å². The first kappa shape index (κ1) is 22.0. The van der Waals surface area contributed by atoms with Gasteiger partial charge in [0.05, 0.1) is 15.8 Å². The lowest BCUT2D eigenvalue weighted by atomic mass is 10.2. The molecule has 0 aromatic heterocycles. The van der Waals surface area contributed by atoms with Crippen LogP contribution in [0, 0.1) is 0 Å². The molecule has 0 bridgehead atoms. The number of guanidine groups is 1. The number of halogens is 2. The predicted molar refractivity (Wildman–Crippen MR) is 106 cm³/mol. The minimum atomic E-state index is -3.14. The van der Waals surface area contributed by atoms with E-state index in [1.807, 2.05) is 31.0 Å². The molecule has 0 unspecified atom stereocenters. The van der Waals surface area contributed by atoms with E-state index in [1.165, 1.54) is 0 Å². The van der Waals surface area contributed by atoms with Crippen LogP contribution in [0.4, 0.5) is 0 Å². The van der Waals surface area contributed by atoms with E-state index in [-0.39, 0.29) is 5.75 Å². The van der Waals surface area contributed by atoms with Crippen molar-refractivity contribution in [2.45, 2.75) is 26.8 Å². The Balaban J connectivity index is 2.59. The third kappa shape index (κ3) is 8.27. The molecule has 142 valence electrons. The number of hydrogen-bond donors (Lipinski definition) is 2. The molecule has 1 aromatic rings. The lowest BCUT2D eigenvalue weighted by Crippen LogP contribution is -2.38. The van der Waals surface area contributed by atoms with Crippen molar-refractivity contribution in [3.63, 3.8) is 0 Å². The molecule has 1 aromatic carbocycles. The monoisotopic (exact) mass is 408 g/mol. The van der Waals surface area contributed by atoms with Gasteiger partial charge in [0.1, 0.15) is 0 Å². The molecule has 6 nitrogen and oxygen atoms in total. The average Bonchev–Trinajstić information content (AvgIpc) is 2.56. The summed E-state index contributed by atoms with van der Waals surface area (Å²) in [5.41, 5.74) is 1.03. The molecule has 9 heteroatoms. The number of sulfonamides is 1. The quantitative estimate of drug-likeness (QED) is 0.374.